The van der Waals surface area contributed by atoms with Crippen molar-refractivity contribution in [1.82, 2.24) is 10.3 Å². The number of nitrogens with one attached hydrogen (secondary N) is 2. The first-order chi connectivity index (χ1) is 6.13. The summed E-state index contributed by atoms with van der Waals surface area (Å²) in [5.74, 6) is 0.572. The standard InChI is InChI=1S/C8H10BrN3O/c1-5-3-6(9)4-11-7(5)12-8(13)10-2/h3-4H,1-2H3,(H2,10,11,12,13). The van der Waals surface area contributed by atoms with Gasteiger partial charge in [0.1, 0.15) is 5.82 Å². The maximum Gasteiger partial charge on any atom is 0.320 e. The van der Waals surface area contributed by atoms with Gasteiger partial charge in [-0.2, -0.15) is 0 Å². The van der Waals surface area contributed by atoms with Crippen LogP contribution in [0.2, 0.25) is 0 Å². The molecule has 1 aromatic heterocycles. The van der Waals surface area contributed by atoms with Gasteiger partial charge in [-0.1, -0.05) is 0 Å². The molecule has 2 amide bonds. The highest BCUT2D eigenvalue weighted by Crippen LogP contribution is 2.16. The van der Waals surface area contributed by atoms with Crippen LogP contribution in [0, 0.1) is 6.92 Å². The van der Waals surface area contributed by atoms with Crippen molar-refractivity contribution >= 4 is 27.8 Å². The van der Waals surface area contributed by atoms with Gasteiger partial charge >= 0.3 is 6.03 Å². The fraction of sp³-hybridized carbons (Fsp3) is 0.250. The predicted molar refractivity (Wildman–Crippen MR) is 54.8 cm³/mol. The van der Waals surface area contributed by atoms with Crippen LogP contribution in [0.5, 0.6) is 0 Å². The van der Waals surface area contributed by atoms with Crippen LogP contribution in [-0.4, -0.2) is 18.1 Å². The number of carbonyl (C=O) groups is 1. The molecule has 0 atom stereocenters. The lowest BCUT2D eigenvalue weighted by molar-refractivity contribution is 0.254. The number of hydrogen-bond donors (Lipinski definition) is 2. The topological polar surface area (TPSA) is 54.0 Å². The van der Waals surface area contributed by atoms with Crippen molar-refractivity contribution in [3.63, 3.8) is 0 Å². The predicted octanol–water partition coefficient (Wildman–Crippen LogP) is 1.90. The van der Waals surface area contributed by atoms with Gasteiger partial charge in [0.05, 0.1) is 0 Å². The second-order valence-corrected chi connectivity index (χ2v) is 3.44. The number of halogens is 1. The van der Waals surface area contributed by atoms with E-state index >= 15 is 0 Å². The Morgan fingerprint density at radius 3 is 2.85 bits per heavy atom. The first-order valence-electron chi connectivity index (χ1n) is 3.74. The molecule has 0 saturated heterocycles. The fourth-order valence-electron chi connectivity index (χ4n) is 0.841. The third kappa shape index (κ3) is 2.69. The molecule has 5 heteroatoms. The molecule has 0 spiro atoms. The third-order valence-corrected chi connectivity index (χ3v) is 1.94. The fourth-order valence-corrected chi connectivity index (χ4v) is 1.29. The molecule has 0 radical (unpaired) electrons. The minimum atomic E-state index is -0.266. The molecule has 2 N–H and O–H groups in total. The number of anilines is 1. The van der Waals surface area contributed by atoms with Crippen molar-refractivity contribution in [2.45, 2.75) is 6.92 Å². The van der Waals surface area contributed by atoms with Gasteiger partial charge in [0.15, 0.2) is 0 Å². The Bertz CT molecular complexity index is 327. The van der Waals surface area contributed by atoms with E-state index in [2.05, 4.69) is 31.5 Å². The molecule has 70 valence electrons. The molecule has 1 aromatic rings. The number of nitrogens with zero attached hydrogens (tertiary/aromatic N) is 1. The van der Waals surface area contributed by atoms with Crippen LogP contribution in [0.3, 0.4) is 0 Å². The van der Waals surface area contributed by atoms with Gasteiger partial charge in [-0.3, -0.25) is 5.32 Å². The Balaban J connectivity index is 2.83. The molecule has 0 aromatic carbocycles. The quantitative estimate of drug-likeness (QED) is 0.792. The maximum atomic E-state index is 10.9. The SMILES string of the molecule is CNC(=O)Nc1ncc(Br)cc1C. The van der Waals surface area contributed by atoms with E-state index < -0.39 is 0 Å². The number of pyridine rings is 1. The van der Waals surface area contributed by atoms with Crippen LogP contribution in [0.4, 0.5) is 10.6 Å². The van der Waals surface area contributed by atoms with Gasteiger partial charge in [-0.05, 0) is 34.5 Å². The number of carbonyl (C=O) groups excluding carboxylic acids is 1. The van der Waals surface area contributed by atoms with Crippen LogP contribution in [0.25, 0.3) is 0 Å². The molecule has 0 fully saturated rings. The van der Waals surface area contributed by atoms with Gasteiger partial charge in [-0.25, -0.2) is 9.78 Å². The van der Waals surface area contributed by atoms with Crippen LogP contribution < -0.4 is 10.6 Å². The van der Waals surface area contributed by atoms with E-state index in [0.717, 1.165) is 10.0 Å². The van der Waals surface area contributed by atoms with E-state index in [9.17, 15) is 4.79 Å². The van der Waals surface area contributed by atoms with Crippen molar-refractivity contribution in [3.8, 4) is 0 Å². The van der Waals surface area contributed by atoms with E-state index in [-0.39, 0.29) is 6.03 Å². The molecule has 4 nitrogen and oxygen atoms in total. The van der Waals surface area contributed by atoms with Gasteiger partial charge in [0.25, 0.3) is 0 Å². The Morgan fingerprint density at radius 2 is 2.31 bits per heavy atom. The molecular weight excluding hydrogens is 234 g/mol. The van der Waals surface area contributed by atoms with E-state index in [1.807, 2.05) is 13.0 Å². The minimum absolute atomic E-state index is 0.266. The summed E-state index contributed by atoms with van der Waals surface area (Å²) < 4.78 is 0.896. The van der Waals surface area contributed by atoms with Crippen molar-refractivity contribution < 1.29 is 4.79 Å². The zero-order valence-corrected chi connectivity index (χ0v) is 8.97. The van der Waals surface area contributed by atoms with Crippen LogP contribution in [-0.2, 0) is 0 Å². The lowest BCUT2D eigenvalue weighted by atomic mass is 10.3. The average Bonchev–Trinajstić information content (AvgIpc) is 2.09. The maximum absolute atomic E-state index is 10.9. The zero-order valence-electron chi connectivity index (χ0n) is 7.39. The summed E-state index contributed by atoms with van der Waals surface area (Å²) in [6.07, 6.45) is 1.64. The molecule has 13 heavy (non-hydrogen) atoms. The first-order valence-corrected chi connectivity index (χ1v) is 4.53. The number of hydrogen-bond acceptors (Lipinski definition) is 2. The van der Waals surface area contributed by atoms with E-state index in [1.54, 1.807) is 13.2 Å². The van der Waals surface area contributed by atoms with Crippen molar-refractivity contribution in [2.24, 2.45) is 0 Å². The summed E-state index contributed by atoms with van der Waals surface area (Å²) >= 11 is 3.29. The molecule has 0 aliphatic rings. The van der Waals surface area contributed by atoms with Crippen molar-refractivity contribution in [1.29, 1.82) is 0 Å². The molecule has 0 bridgehead atoms. The van der Waals surface area contributed by atoms with Crippen LogP contribution in [0.1, 0.15) is 5.56 Å². The average molecular weight is 244 g/mol. The third-order valence-electron chi connectivity index (χ3n) is 1.50. The van der Waals surface area contributed by atoms with Crippen LogP contribution in [0.15, 0.2) is 16.7 Å². The lowest BCUT2D eigenvalue weighted by Gasteiger charge is -2.06. The summed E-state index contributed by atoms with van der Waals surface area (Å²) in [6.45, 7) is 1.88. The Labute approximate surface area is 84.9 Å². The molecule has 0 aliphatic heterocycles. The second-order valence-electron chi connectivity index (χ2n) is 2.52. The number of aromatic nitrogens is 1. The summed E-state index contributed by atoms with van der Waals surface area (Å²) in [7, 11) is 1.56. The van der Waals surface area contributed by atoms with Crippen LogP contribution >= 0.6 is 15.9 Å². The molecule has 0 aliphatic carbocycles. The monoisotopic (exact) mass is 243 g/mol. The number of rotatable bonds is 1. The minimum Gasteiger partial charge on any atom is -0.341 e. The Hall–Kier alpha value is -1.10. The van der Waals surface area contributed by atoms with E-state index in [0.29, 0.717) is 5.82 Å². The molecule has 0 unspecified atom stereocenters. The summed E-state index contributed by atoms with van der Waals surface area (Å²) in [6, 6.07) is 1.62. The van der Waals surface area contributed by atoms with Gasteiger partial charge in [0.2, 0.25) is 0 Å². The largest absolute Gasteiger partial charge is 0.341 e. The zero-order chi connectivity index (χ0) is 9.84. The highest BCUT2D eigenvalue weighted by Gasteiger charge is 2.03. The number of urea groups is 1. The highest BCUT2D eigenvalue weighted by molar-refractivity contribution is 9.10. The molecular formula is C8H10BrN3O. The Kier molecular flexibility index (Phi) is 3.25. The Morgan fingerprint density at radius 1 is 1.62 bits per heavy atom. The van der Waals surface area contributed by atoms with E-state index in [4.69, 9.17) is 0 Å². The molecule has 0 saturated carbocycles. The first kappa shape index (κ1) is 9.98. The van der Waals surface area contributed by atoms with Crippen molar-refractivity contribution in [2.75, 3.05) is 12.4 Å². The van der Waals surface area contributed by atoms with Gasteiger partial charge in [-0.15, -0.1) is 0 Å². The summed E-state index contributed by atoms with van der Waals surface area (Å²) in [4.78, 5) is 15.0. The van der Waals surface area contributed by atoms with E-state index in [1.165, 1.54) is 0 Å². The molecule has 1 rings (SSSR count). The normalized spacial score (nSPS) is 9.46. The smallest absolute Gasteiger partial charge is 0.320 e. The number of amides is 2. The number of aryl methyl sites for hydroxylation is 1. The van der Waals surface area contributed by atoms with Gasteiger partial charge < -0.3 is 5.32 Å². The second kappa shape index (κ2) is 4.23. The summed E-state index contributed by atoms with van der Waals surface area (Å²) in [5.41, 5.74) is 0.915. The summed E-state index contributed by atoms with van der Waals surface area (Å²) in [5, 5.41) is 5.06. The van der Waals surface area contributed by atoms with Gasteiger partial charge in [0, 0.05) is 17.7 Å². The lowest BCUT2D eigenvalue weighted by Crippen LogP contribution is -2.25. The molecule has 1 heterocycles. The van der Waals surface area contributed by atoms with Crippen molar-refractivity contribution in [3.05, 3.63) is 22.3 Å². The highest BCUT2D eigenvalue weighted by atomic mass is 79.9.